The lowest BCUT2D eigenvalue weighted by Gasteiger charge is -2.31. The standard InChI is InChI=1S/C24H20BrN7O2S/c25-21-8-7-20(35-21)23(33)29-14-4-3-5-15(10-14)32-19-11-17(24-31-28-13-34-24)27-12-18(19)30-22(32)16-6-1-2-9-26-16/h1-2,6-9,11-15H,3-5,10H2,(H,29,33). The highest BCUT2D eigenvalue weighted by Gasteiger charge is 2.29. The Morgan fingerprint density at radius 2 is 2.11 bits per heavy atom. The molecule has 5 aromatic heterocycles. The highest BCUT2D eigenvalue weighted by Crippen LogP contribution is 2.36. The molecule has 0 spiro atoms. The van der Waals surface area contributed by atoms with E-state index in [9.17, 15) is 4.79 Å². The van der Waals surface area contributed by atoms with Gasteiger partial charge < -0.3 is 14.3 Å². The summed E-state index contributed by atoms with van der Waals surface area (Å²) in [5.41, 5.74) is 3.07. The van der Waals surface area contributed by atoms with Gasteiger partial charge in [0.05, 0.1) is 20.4 Å². The number of aromatic nitrogens is 6. The number of thiophene rings is 1. The van der Waals surface area contributed by atoms with E-state index in [0.29, 0.717) is 16.5 Å². The molecule has 1 aliphatic rings. The molecular formula is C24H20BrN7O2S. The third kappa shape index (κ3) is 4.37. The average Bonchev–Trinajstić information content (AvgIpc) is 3.64. The van der Waals surface area contributed by atoms with Gasteiger partial charge in [-0.05, 0) is 71.9 Å². The molecule has 0 aromatic carbocycles. The van der Waals surface area contributed by atoms with E-state index in [4.69, 9.17) is 9.40 Å². The fraction of sp³-hybridized carbons (Fsp3) is 0.250. The lowest BCUT2D eigenvalue weighted by atomic mass is 9.90. The Kier molecular flexibility index (Phi) is 5.86. The summed E-state index contributed by atoms with van der Waals surface area (Å²) in [5.74, 6) is 1.11. The molecule has 0 bridgehead atoms. The van der Waals surface area contributed by atoms with Crippen LogP contribution in [0.1, 0.15) is 41.4 Å². The van der Waals surface area contributed by atoms with E-state index in [0.717, 1.165) is 52.0 Å². The molecule has 0 radical (unpaired) electrons. The highest BCUT2D eigenvalue weighted by atomic mass is 79.9. The second kappa shape index (κ2) is 9.31. The molecule has 1 aliphatic carbocycles. The molecule has 6 rings (SSSR count). The molecule has 1 saturated carbocycles. The van der Waals surface area contributed by atoms with Crippen LogP contribution in [0.15, 0.2) is 63.4 Å². The minimum absolute atomic E-state index is 0.0327. The highest BCUT2D eigenvalue weighted by molar-refractivity contribution is 9.11. The molecule has 5 heterocycles. The fourth-order valence-corrected chi connectivity index (χ4v) is 5.96. The first-order valence-electron chi connectivity index (χ1n) is 11.3. The van der Waals surface area contributed by atoms with E-state index in [-0.39, 0.29) is 18.0 Å². The number of amides is 1. The average molecular weight is 550 g/mol. The minimum atomic E-state index is -0.0327. The van der Waals surface area contributed by atoms with Gasteiger partial charge in [0.15, 0.2) is 5.82 Å². The largest absolute Gasteiger partial charge is 0.422 e. The summed E-state index contributed by atoms with van der Waals surface area (Å²) < 4.78 is 8.55. The first-order valence-corrected chi connectivity index (χ1v) is 12.9. The van der Waals surface area contributed by atoms with Crippen LogP contribution in [0.2, 0.25) is 0 Å². The van der Waals surface area contributed by atoms with Gasteiger partial charge in [0, 0.05) is 18.3 Å². The monoisotopic (exact) mass is 549 g/mol. The van der Waals surface area contributed by atoms with Crippen LogP contribution in [-0.2, 0) is 0 Å². The number of hydrogen-bond donors (Lipinski definition) is 1. The quantitative estimate of drug-likeness (QED) is 0.317. The van der Waals surface area contributed by atoms with Crippen molar-refractivity contribution in [3.05, 3.63) is 63.8 Å². The van der Waals surface area contributed by atoms with E-state index in [1.54, 1.807) is 12.4 Å². The summed E-state index contributed by atoms with van der Waals surface area (Å²) in [7, 11) is 0. The van der Waals surface area contributed by atoms with Crippen LogP contribution in [0.25, 0.3) is 34.1 Å². The van der Waals surface area contributed by atoms with Crippen molar-refractivity contribution in [3.8, 4) is 23.1 Å². The molecule has 176 valence electrons. The summed E-state index contributed by atoms with van der Waals surface area (Å²) in [4.78, 5) is 27.5. The van der Waals surface area contributed by atoms with Crippen LogP contribution in [-0.4, -0.2) is 41.7 Å². The number of fused-ring (bicyclic) bond motifs is 1. The normalized spacial score (nSPS) is 18.1. The fourth-order valence-electron chi connectivity index (χ4n) is 4.67. The molecule has 35 heavy (non-hydrogen) atoms. The number of hydrogen-bond acceptors (Lipinski definition) is 8. The van der Waals surface area contributed by atoms with Gasteiger partial charge in [-0.1, -0.05) is 6.07 Å². The van der Waals surface area contributed by atoms with Crippen molar-refractivity contribution < 1.29 is 9.21 Å². The predicted molar refractivity (Wildman–Crippen MR) is 135 cm³/mol. The zero-order valence-corrected chi connectivity index (χ0v) is 20.9. The van der Waals surface area contributed by atoms with Gasteiger partial charge in [0.2, 0.25) is 6.39 Å². The second-order valence-corrected chi connectivity index (χ2v) is 10.9. The number of nitrogens with zero attached hydrogens (tertiary/aromatic N) is 6. The Labute approximate surface area is 212 Å². The van der Waals surface area contributed by atoms with E-state index in [2.05, 4.69) is 46.0 Å². The first kappa shape index (κ1) is 22.1. The number of carbonyl (C=O) groups excluding carboxylic acids is 1. The number of rotatable bonds is 5. The number of carbonyl (C=O) groups is 1. The van der Waals surface area contributed by atoms with Crippen LogP contribution < -0.4 is 5.32 Å². The Morgan fingerprint density at radius 3 is 2.89 bits per heavy atom. The number of pyridine rings is 2. The predicted octanol–water partition coefficient (Wildman–Crippen LogP) is 5.28. The van der Waals surface area contributed by atoms with Crippen molar-refractivity contribution >= 4 is 44.2 Å². The third-order valence-corrected chi connectivity index (χ3v) is 7.82. The van der Waals surface area contributed by atoms with E-state index >= 15 is 0 Å². The Balaban J connectivity index is 1.38. The van der Waals surface area contributed by atoms with Gasteiger partial charge in [0.1, 0.15) is 16.9 Å². The van der Waals surface area contributed by atoms with Crippen LogP contribution >= 0.6 is 27.3 Å². The second-order valence-electron chi connectivity index (χ2n) is 8.42. The topological polar surface area (TPSA) is 112 Å². The van der Waals surface area contributed by atoms with E-state index < -0.39 is 0 Å². The molecule has 9 nitrogen and oxygen atoms in total. The van der Waals surface area contributed by atoms with Crippen LogP contribution in [0, 0.1) is 0 Å². The van der Waals surface area contributed by atoms with E-state index in [1.165, 1.54) is 17.7 Å². The van der Waals surface area contributed by atoms with Crippen molar-refractivity contribution in [1.82, 2.24) is 35.0 Å². The third-order valence-electron chi connectivity index (χ3n) is 6.19. The molecule has 0 aliphatic heterocycles. The lowest BCUT2D eigenvalue weighted by Crippen LogP contribution is -2.38. The van der Waals surface area contributed by atoms with E-state index in [1.807, 2.05) is 36.4 Å². The number of imidazole rings is 1. The summed E-state index contributed by atoms with van der Waals surface area (Å²) >= 11 is 4.88. The van der Waals surface area contributed by atoms with Crippen molar-refractivity contribution in [1.29, 1.82) is 0 Å². The zero-order chi connectivity index (χ0) is 23.8. The number of halogens is 1. The van der Waals surface area contributed by atoms with Gasteiger partial charge in [-0.25, -0.2) is 9.97 Å². The van der Waals surface area contributed by atoms with Crippen LogP contribution in [0.4, 0.5) is 0 Å². The first-order chi connectivity index (χ1) is 17.2. The molecule has 2 atom stereocenters. The van der Waals surface area contributed by atoms with Gasteiger partial charge in [-0.3, -0.25) is 9.78 Å². The van der Waals surface area contributed by atoms with Crippen LogP contribution in [0.3, 0.4) is 0 Å². The van der Waals surface area contributed by atoms with Gasteiger partial charge in [-0.15, -0.1) is 21.5 Å². The molecule has 2 unspecified atom stereocenters. The van der Waals surface area contributed by atoms with Gasteiger partial charge in [0.25, 0.3) is 11.8 Å². The van der Waals surface area contributed by atoms with Gasteiger partial charge >= 0.3 is 0 Å². The lowest BCUT2D eigenvalue weighted by molar-refractivity contribution is 0.0925. The molecule has 1 amide bonds. The summed E-state index contributed by atoms with van der Waals surface area (Å²) in [6.07, 6.45) is 8.49. The Hall–Kier alpha value is -3.44. The Morgan fingerprint density at radius 1 is 1.17 bits per heavy atom. The zero-order valence-electron chi connectivity index (χ0n) is 18.5. The van der Waals surface area contributed by atoms with Crippen molar-refractivity contribution in [2.45, 2.75) is 37.8 Å². The number of nitrogens with one attached hydrogen (secondary N) is 1. The molecule has 1 N–H and O–H groups in total. The maximum atomic E-state index is 12.8. The van der Waals surface area contributed by atoms with Gasteiger partial charge in [-0.2, -0.15) is 0 Å². The molecule has 0 saturated heterocycles. The van der Waals surface area contributed by atoms with Crippen molar-refractivity contribution in [2.75, 3.05) is 0 Å². The minimum Gasteiger partial charge on any atom is -0.422 e. The maximum absolute atomic E-state index is 12.8. The summed E-state index contributed by atoms with van der Waals surface area (Å²) in [5, 5.41) is 11.0. The Bertz CT molecular complexity index is 1480. The SMILES string of the molecule is O=C(NC1CCCC(n2c(-c3ccccn3)nc3cnc(-c4nnco4)cc32)C1)c1ccc(Br)s1. The molecular weight excluding hydrogens is 530 g/mol. The molecule has 5 aromatic rings. The molecule has 11 heteroatoms. The van der Waals surface area contributed by atoms with Crippen LogP contribution in [0.5, 0.6) is 0 Å². The van der Waals surface area contributed by atoms with Crippen molar-refractivity contribution in [2.24, 2.45) is 0 Å². The maximum Gasteiger partial charge on any atom is 0.266 e. The molecule has 1 fully saturated rings. The summed E-state index contributed by atoms with van der Waals surface area (Å²) in [6.45, 7) is 0. The smallest absolute Gasteiger partial charge is 0.266 e. The van der Waals surface area contributed by atoms with Crippen molar-refractivity contribution in [3.63, 3.8) is 0 Å². The summed E-state index contributed by atoms with van der Waals surface area (Å²) in [6, 6.07) is 11.7.